The monoisotopic (exact) mass is 372 g/mol. The Morgan fingerprint density at radius 1 is 1.15 bits per heavy atom. The highest BCUT2D eigenvalue weighted by Gasteiger charge is 2.14. The highest BCUT2D eigenvalue weighted by atomic mass is 35.5. The highest BCUT2D eigenvalue weighted by molar-refractivity contribution is 6.30. The molecule has 0 atom stereocenters. The van der Waals surface area contributed by atoms with Gasteiger partial charge < -0.3 is 10.6 Å². The summed E-state index contributed by atoms with van der Waals surface area (Å²) in [6.45, 7) is 0.536. The summed E-state index contributed by atoms with van der Waals surface area (Å²) < 4.78 is 0. The molecule has 0 unspecified atom stereocenters. The lowest BCUT2D eigenvalue weighted by Gasteiger charge is -2.16. The summed E-state index contributed by atoms with van der Waals surface area (Å²) in [5.74, 6) is 0.359. The number of nitrogens with one attached hydrogen (secondary N) is 2. The molecule has 0 aliphatic heterocycles. The van der Waals surface area contributed by atoms with Crippen molar-refractivity contribution in [3.8, 4) is 0 Å². The minimum absolute atomic E-state index is 0.182. The van der Waals surface area contributed by atoms with E-state index in [2.05, 4.69) is 20.6 Å². The van der Waals surface area contributed by atoms with Crippen molar-refractivity contribution < 1.29 is 4.79 Å². The van der Waals surface area contributed by atoms with Gasteiger partial charge in [-0.15, -0.1) is 0 Å². The SMILES string of the molecule is O=C(NCCc1cccc(Cl)c1)c1ccnc(NC2CCCCCC2)n1. The average molecular weight is 373 g/mol. The topological polar surface area (TPSA) is 66.9 Å². The van der Waals surface area contributed by atoms with Crippen LogP contribution in [0.25, 0.3) is 0 Å². The van der Waals surface area contributed by atoms with E-state index in [0.29, 0.717) is 29.3 Å². The maximum atomic E-state index is 12.3. The summed E-state index contributed by atoms with van der Waals surface area (Å²) in [6.07, 6.45) is 9.71. The third-order valence-corrected chi connectivity index (χ3v) is 4.90. The van der Waals surface area contributed by atoms with Crippen LogP contribution in [0, 0.1) is 0 Å². The first kappa shape index (κ1) is 18.6. The van der Waals surface area contributed by atoms with Gasteiger partial charge in [-0.25, -0.2) is 9.97 Å². The van der Waals surface area contributed by atoms with Gasteiger partial charge in [-0.05, 0) is 43.0 Å². The maximum absolute atomic E-state index is 12.3. The lowest BCUT2D eigenvalue weighted by Crippen LogP contribution is -2.27. The van der Waals surface area contributed by atoms with Gasteiger partial charge in [0.1, 0.15) is 5.69 Å². The van der Waals surface area contributed by atoms with E-state index in [9.17, 15) is 4.79 Å². The average Bonchev–Trinajstić information content (AvgIpc) is 2.91. The van der Waals surface area contributed by atoms with E-state index in [1.54, 1.807) is 12.3 Å². The smallest absolute Gasteiger partial charge is 0.270 e. The summed E-state index contributed by atoms with van der Waals surface area (Å²) in [5.41, 5.74) is 1.48. The molecule has 1 aromatic heterocycles. The van der Waals surface area contributed by atoms with Crippen LogP contribution in [-0.4, -0.2) is 28.5 Å². The van der Waals surface area contributed by atoms with Crippen LogP contribution in [0.4, 0.5) is 5.95 Å². The first-order valence-corrected chi connectivity index (χ1v) is 9.71. The Hall–Kier alpha value is -2.14. The Kier molecular flexibility index (Phi) is 6.83. The molecule has 1 aromatic carbocycles. The summed E-state index contributed by atoms with van der Waals surface area (Å²) in [6, 6.07) is 9.71. The second-order valence-corrected chi connectivity index (χ2v) is 7.17. The van der Waals surface area contributed by atoms with Crippen LogP contribution < -0.4 is 10.6 Å². The molecule has 6 heteroatoms. The van der Waals surface area contributed by atoms with E-state index >= 15 is 0 Å². The molecule has 0 radical (unpaired) electrons. The van der Waals surface area contributed by atoms with Crippen LogP contribution in [0.1, 0.15) is 54.6 Å². The van der Waals surface area contributed by atoms with Gasteiger partial charge in [-0.3, -0.25) is 4.79 Å². The van der Waals surface area contributed by atoms with Gasteiger partial charge in [0.2, 0.25) is 5.95 Å². The number of hydrogen-bond acceptors (Lipinski definition) is 4. The number of hydrogen-bond donors (Lipinski definition) is 2. The predicted molar refractivity (Wildman–Crippen MR) is 105 cm³/mol. The van der Waals surface area contributed by atoms with E-state index in [4.69, 9.17) is 11.6 Å². The third-order valence-electron chi connectivity index (χ3n) is 4.66. The molecular weight excluding hydrogens is 348 g/mol. The number of aromatic nitrogens is 2. The third kappa shape index (κ3) is 5.70. The van der Waals surface area contributed by atoms with Gasteiger partial charge in [0.05, 0.1) is 0 Å². The number of rotatable bonds is 6. The van der Waals surface area contributed by atoms with Crippen molar-refractivity contribution in [3.05, 3.63) is 52.8 Å². The molecule has 1 heterocycles. The van der Waals surface area contributed by atoms with Crippen molar-refractivity contribution in [1.29, 1.82) is 0 Å². The summed E-state index contributed by atoms with van der Waals surface area (Å²) in [4.78, 5) is 21.0. The van der Waals surface area contributed by atoms with Gasteiger partial charge in [-0.2, -0.15) is 0 Å². The zero-order chi connectivity index (χ0) is 18.2. The van der Waals surface area contributed by atoms with Crippen molar-refractivity contribution in [2.45, 2.75) is 51.0 Å². The van der Waals surface area contributed by atoms with Crippen LogP contribution in [0.15, 0.2) is 36.5 Å². The normalized spacial score (nSPS) is 15.3. The van der Waals surface area contributed by atoms with E-state index in [1.807, 2.05) is 24.3 Å². The number of carbonyl (C=O) groups excluding carboxylic acids is 1. The summed E-state index contributed by atoms with van der Waals surface area (Å²) >= 11 is 5.98. The zero-order valence-electron chi connectivity index (χ0n) is 14.9. The summed E-state index contributed by atoms with van der Waals surface area (Å²) in [7, 11) is 0. The Morgan fingerprint density at radius 3 is 2.73 bits per heavy atom. The number of carbonyl (C=O) groups is 1. The van der Waals surface area contributed by atoms with Crippen LogP contribution in [0.5, 0.6) is 0 Å². The Balaban J connectivity index is 1.52. The molecule has 1 aliphatic rings. The van der Waals surface area contributed by atoms with Crippen molar-refractivity contribution in [1.82, 2.24) is 15.3 Å². The maximum Gasteiger partial charge on any atom is 0.270 e. The minimum Gasteiger partial charge on any atom is -0.351 e. The molecule has 5 nitrogen and oxygen atoms in total. The number of halogens is 1. The second kappa shape index (κ2) is 9.53. The molecule has 0 saturated heterocycles. The quantitative estimate of drug-likeness (QED) is 0.744. The Morgan fingerprint density at radius 2 is 1.96 bits per heavy atom. The van der Waals surface area contributed by atoms with E-state index < -0.39 is 0 Å². The second-order valence-electron chi connectivity index (χ2n) is 6.73. The van der Waals surface area contributed by atoms with Gasteiger partial charge in [0.25, 0.3) is 5.91 Å². The highest BCUT2D eigenvalue weighted by Crippen LogP contribution is 2.19. The van der Waals surface area contributed by atoms with Crippen LogP contribution in [0.2, 0.25) is 5.02 Å². The number of amides is 1. The summed E-state index contributed by atoms with van der Waals surface area (Å²) in [5, 5.41) is 7.00. The molecule has 138 valence electrons. The number of anilines is 1. The molecule has 1 fully saturated rings. The van der Waals surface area contributed by atoms with Crippen LogP contribution in [-0.2, 0) is 6.42 Å². The standard InChI is InChI=1S/C20H25ClN4O/c21-16-7-5-6-15(14-16)10-12-22-19(26)18-11-13-23-20(25-18)24-17-8-3-1-2-4-9-17/h5-7,11,13-14,17H,1-4,8-10,12H2,(H,22,26)(H,23,24,25). The zero-order valence-corrected chi connectivity index (χ0v) is 15.6. The fraction of sp³-hybridized carbons (Fsp3) is 0.450. The van der Waals surface area contributed by atoms with Gasteiger partial charge in [-0.1, -0.05) is 49.4 Å². The van der Waals surface area contributed by atoms with E-state index in [1.165, 1.54) is 25.7 Å². The molecule has 0 bridgehead atoms. The van der Waals surface area contributed by atoms with Crippen molar-refractivity contribution in [2.75, 3.05) is 11.9 Å². The van der Waals surface area contributed by atoms with Crippen molar-refractivity contribution >= 4 is 23.5 Å². The fourth-order valence-electron chi connectivity index (χ4n) is 3.26. The number of nitrogens with zero attached hydrogens (tertiary/aromatic N) is 2. The molecule has 1 saturated carbocycles. The molecule has 1 aliphatic carbocycles. The predicted octanol–water partition coefficient (Wildman–Crippen LogP) is 4.24. The molecular formula is C20H25ClN4O. The molecule has 1 amide bonds. The molecule has 0 spiro atoms. The first-order chi connectivity index (χ1) is 12.7. The van der Waals surface area contributed by atoms with E-state index in [-0.39, 0.29) is 5.91 Å². The molecule has 3 rings (SSSR count). The van der Waals surface area contributed by atoms with Gasteiger partial charge in [0.15, 0.2) is 0 Å². The van der Waals surface area contributed by atoms with Crippen LogP contribution in [0.3, 0.4) is 0 Å². The lowest BCUT2D eigenvalue weighted by molar-refractivity contribution is 0.0949. The Bertz CT molecular complexity index is 729. The van der Waals surface area contributed by atoms with Gasteiger partial charge in [0, 0.05) is 23.8 Å². The minimum atomic E-state index is -0.182. The Labute approximate surface area is 159 Å². The molecule has 26 heavy (non-hydrogen) atoms. The number of benzene rings is 1. The lowest BCUT2D eigenvalue weighted by atomic mass is 10.1. The first-order valence-electron chi connectivity index (χ1n) is 9.33. The van der Waals surface area contributed by atoms with Crippen LogP contribution >= 0.6 is 11.6 Å². The largest absolute Gasteiger partial charge is 0.351 e. The molecule has 2 aromatic rings. The molecule has 2 N–H and O–H groups in total. The fourth-order valence-corrected chi connectivity index (χ4v) is 3.48. The van der Waals surface area contributed by atoms with Crippen molar-refractivity contribution in [2.24, 2.45) is 0 Å². The van der Waals surface area contributed by atoms with Gasteiger partial charge >= 0.3 is 0 Å². The van der Waals surface area contributed by atoms with E-state index in [0.717, 1.165) is 24.8 Å². The van der Waals surface area contributed by atoms with Crippen molar-refractivity contribution in [3.63, 3.8) is 0 Å².